The minimum absolute atomic E-state index is 0.0455. The molecule has 4 amide bonds. The number of nitrogens with zero attached hydrogens (tertiary/aromatic N) is 3. The average Bonchev–Trinajstić information content (AvgIpc) is 3.43. The van der Waals surface area contributed by atoms with Crippen LogP contribution in [-0.2, 0) is 11.3 Å². The highest BCUT2D eigenvalue weighted by molar-refractivity contribution is 6.31. The Morgan fingerprint density at radius 1 is 1.13 bits per heavy atom. The van der Waals surface area contributed by atoms with Crippen molar-refractivity contribution in [1.82, 2.24) is 20.2 Å². The molecule has 3 heterocycles. The van der Waals surface area contributed by atoms with Gasteiger partial charge in [-0.2, -0.15) is 0 Å². The Bertz CT molecular complexity index is 1530. The molecule has 0 unspecified atom stereocenters. The van der Waals surface area contributed by atoms with Gasteiger partial charge in [-0.3, -0.25) is 19.8 Å². The lowest BCUT2D eigenvalue weighted by Gasteiger charge is -2.28. The molecular formula is C24H18ClF5N6O3. The number of alkyl halides is 2. The van der Waals surface area contributed by atoms with E-state index < -0.39 is 66.8 Å². The molecule has 15 heteroatoms. The number of anilines is 2. The predicted molar refractivity (Wildman–Crippen MR) is 128 cm³/mol. The van der Waals surface area contributed by atoms with Gasteiger partial charge in [-0.15, -0.1) is 0 Å². The lowest BCUT2D eigenvalue weighted by atomic mass is 10.0. The van der Waals surface area contributed by atoms with E-state index in [1.54, 1.807) is 0 Å². The summed E-state index contributed by atoms with van der Waals surface area (Å²) in [5.74, 6) is -6.80. The molecule has 39 heavy (non-hydrogen) atoms. The molecule has 2 aromatic carbocycles. The maximum Gasteiger partial charge on any atom is 0.327 e. The minimum Gasteiger partial charge on any atom is -0.352 e. The van der Waals surface area contributed by atoms with Crippen molar-refractivity contribution in [2.75, 3.05) is 23.8 Å². The van der Waals surface area contributed by atoms with Crippen molar-refractivity contribution in [3.8, 4) is 0 Å². The molecule has 5 rings (SSSR count). The molecule has 2 atom stereocenters. The molecule has 2 aliphatic rings. The van der Waals surface area contributed by atoms with Crippen molar-refractivity contribution < 1.29 is 36.3 Å². The van der Waals surface area contributed by atoms with Crippen LogP contribution in [0.4, 0.5) is 38.3 Å². The molecule has 0 saturated heterocycles. The van der Waals surface area contributed by atoms with Gasteiger partial charge in [0.2, 0.25) is 18.2 Å². The topological polar surface area (TPSA) is 108 Å². The van der Waals surface area contributed by atoms with Crippen molar-refractivity contribution in [3.05, 3.63) is 75.5 Å². The first-order valence-electron chi connectivity index (χ1n) is 11.4. The molecule has 0 bridgehead atoms. The third-order valence-corrected chi connectivity index (χ3v) is 6.84. The number of carbonyl (C=O) groups excluding carboxylic acids is 3. The van der Waals surface area contributed by atoms with Gasteiger partial charge in [0.05, 0.1) is 23.3 Å². The smallest absolute Gasteiger partial charge is 0.327 e. The zero-order valence-electron chi connectivity index (χ0n) is 19.9. The molecule has 9 nitrogen and oxygen atoms in total. The molecule has 204 valence electrons. The third kappa shape index (κ3) is 4.54. The normalized spacial score (nSPS) is 18.1. The fraction of sp³-hybridized carbons (Fsp3) is 0.250. The van der Waals surface area contributed by atoms with Crippen LogP contribution in [0, 0.1) is 17.5 Å². The summed E-state index contributed by atoms with van der Waals surface area (Å²) >= 11 is 6.27. The van der Waals surface area contributed by atoms with Gasteiger partial charge in [-0.25, -0.2) is 31.7 Å². The number of nitrogens with one attached hydrogen (secondary N) is 3. The lowest BCUT2D eigenvalue weighted by molar-refractivity contribution is -0.123. The molecule has 0 aliphatic carbocycles. The summed E-state index contributed by atoms with van der Waals surface area (Å²) in [5, 5.41) is 7.46. The first kappa shape index (κ1) is 26.4. The first-order valence-corrected chi connectivity index (χ1v) is 11.8. The highest BCUT2D eigenvalue weighted by Gasteiger charge is 2.41. The van der Waals surface area contributed by atoms with Gasteiger partial charge >= 0.3 is 6.03 Å². The summed E-state index contributed by atoms with van der Waals surface area (Å²) in [5.41, 5.74) is -0.390. The zero-order valence-corrected chi connectivity index (χ0v) is 20.6. The Morgan fingerprint density at radius 3 is 2.54 bits per heavy atom. The highest BCUT2D eigenvalue weighted by atomic mass is 35.5. The van der Waals surface area contributed by atoms with Gasteiger partial charge in [0.25, 0.3) is 5.91 Å². The zero-order chi connectivity index (χ0) is 28.2. The second-order valence-electron chi connectivity index (χ2n) is 8.81. The Balaban J connectivity index is 1.60. The molecule has 0 spiro atoms. The second-order valence-corrected chi connectivity index (χ2v) is 9.21. The van der Waals surface area contributed by atoms with Crippen LogP contribution in [0.1, 0.15) is 39.4 Å². The van der Waals surface area contributed by atoms with E-state index in [9.17, 15) is 36.3 Å². The Kier molecular flexibility index (Phi) is 6.66. The number of halogens is 6. The molecule has 0 radical (unpaired) electrons. The Labute approximate surface area is 221 Å². The number of hydrogen-bond acceptors (Lipinski definition) is 4. The van der Waals surface area contributed by atoms with Gasteiger partial charge in [0.15, 0.2) is 17.5 Å². The standard InChI is InChI=1S/C24H18ClF5N6O3/c1-31-23(38)22-33-21(19-18(32-17(37)8-36(19)22)11-4-9(26)2-3-13(11)25)34-24(39)35-7-12(20(29)30)10-5-14(27)15(28)6-16(10)35/h2-6,12,18,20H,7-8H2,1H3,(H,31,38)(H,32,37)(H,34,39)/t12-,18+/m1/s1. The number of carbonyl (C=O) groups is 3. The number of benzene rings is 2. The van der Waals surface area contributed by atoms with E-state index in [0.29, 0.717) is 12.1 Å². The van der Waals surface area contributed by atoms with Crippen LogP contribution in [0.15, 0.2) is 30.3 Å². The van der Waals surface area contributed by atoms with E-state index in [0.717, 1.165) is 17.0 Å². The number of hydrogen-bond donors (Lipinski definition) is 3. The van der Waals surface area contributed by atoms with Gasteiger partial charge < -0.3 is 15.2 Å². The van der Waals surface area contributed by atoms with Gasteiger partial charge in [0, 0.05) is 30.2 Å². The highest BCUT2D eigenvalue weighted by Crippen LogP contribution is 2.42. The maximum atomic E-state index is 14.1. The number of urea groups is 1. The Hall–Kier alpha value is -4.20. The SMILES string of the molecule is CNC(=O)c1nc(NC(=O)N2C[C@@H](C(F)F)c3cc(F)c(F)cc32)c2n1CC(=O)N[C@H]2c1cc(F)ccc1Cl. The molecule has 2 aliphatic heterocycles. The number of imidazole rings is 1. The quantitative estimate of drug-likeness (QED) is 0.415. The van der Waals surface area contributed by atoms with Crippen molar-refractivity contribution in [2.24, 2.45) is 0 Å². The first-order chi connectivity index (χ1) is 18.5. The van der Waals surface area contributed by atoms with Crippen LogP contribution in [0.5, 0.6) is 0 Å². The summed E-state index contributed by atoms with van der Waals surface area (Å²) in [6.45, 7) is -0.995. The molecule has 3 aromatic rings. The fourth-order valence-corrected chi connectivity index (χ4v) is 4.95. The summed E-state index contributed by atoms with van der Waals surface area (Å²) in [6, 6.07) is 2.44. The van der Waals surface area contributed by atoms with E-state index in [1.807, 2.05) is 0 Å². The van der Waals surface area contributed by atoms with E-state index in [1.165, 1.54) is 17.7 Å². The van der Waals surface area contributed by atoms with Crippen LogP contribution in [0.3, 0.4) is 0 Å². The van der Waals surface area contributed by atoms with E-state index in [2.05, 4.69) is 20.9 Å². The summed E-state index contributed by atoms with van der Waals surface area (Å²) < 4.78 is 70.6. The van der Waals surface area contributed by atoms with Gasteiger partial charge in [0.1, 0.15) is 12.4 Å². The largest absolute Gasteiger partial charge is 0.352 e. The number of amides is 4. The van der Waals surface area contributed by atoms with Crippen LogP contribution < -0.4 is 20.9 Å². The predicted octanol–water partition coefficient (Wildman–Crippen LogP) is 3.93. The molecule has 1 aromatic heterocycles. The van der Waals surface area contributed by atoms with Crippen molar-refractivity contribution in [1.29, 1.82) is 0 Å². The molecule has 0 fully saturated rings. The van der Waals surface area contributed by atoms with Crippen LogP contribution in [0.2, 0.25) is 5.02 Å². The Morgan fingerprint density at radius 2 is 1.85 bits per heavy atom. The van der Waals surface area contributed by atoms with Gasteiger partial charge in [-0.05, 0) is 29.8 Å². The van der Waals surface area contributed by atoms with E-state index in [4.69, 9.17) is 11.6 Å². The molecule has 0 saturated carbocycles. The summed E-state index contributed by atoms with van der Waals surface area (Å²) in [6.07, 6.45) is -2.98. The number of fused-ring (bicyclic) bond motifs is 2. The second kappa shape index (κ2) is 9.84. The average molecular weight is 569 g/mol. The minimum atomic E-state index is -2.98. The monoisotopic (exact) mass is 568 g/mol. The molecule has 3 N–H and O–H groups in total. The number of rotatable bonds is 4. The number of aromatic nitrogens is 2. The van der Waals surface area contributed by atoms with Crippen molar-refractivity contribution >= 4 is 41.0 Å². The van der Waals surface area contributed by atoms with E-state index in [-0.39, 0.29) is 39.2 Å². The fourth-order valence-electron chi connectivity index (χ4n) is 4.73. The summed E-state index contributed by atoms with van der Waals surface area (Å²) in [4.78, 5) is 43.4. The third-order valence-electron chi connectivity index (χ3n) is 6.50. The van der Waals surface area contributed by atoms with Crippen molar-refractivity contribution in [3.63, 3.8) is 0 Å². The van der Waals surface area contributed by atoms with Crippen molar-refractivity contribution in [2.45, 2.75) is 24.9 Å². The van der Waals surface area contributed by atoms with Crippen LogP contribution in [0.25, 0.3) is 0 Å². The van der Waals surface area contributed by atoms with Gasteiger partial charge in [-0.1, -0.05) is 11.6 Å². The van der Waals surface area contributed by atoms with E-state index >= 15 is 0 Å². The summed E-state index contributed by atoms with van der Waals surface area (Å²) in [7, 11) is 1.31. The maximum absolute atomic E-state index is 14.1. The molecular weight excluding hydrogens is 551 g/mol. The van der Waals surface area contributed by atoms with Crippen LogP contribution >= 0.6 is 11.6 Å². The van der Waals surface area contributed by atoms with Crippen LogP contribution in [-0.4, -0.2) is 47.4 Å². The lowest BCUT2D eigenvalue weighted by Crippen LogP contribution is -2.41.